The summed E-state index contributed by atoms with van der Waals surface area (Å²) in [6.07, 6.45) is 1.99. The SMILES string of the molecule is CSc1ccc(N)c(C(=O)N2CCNCC2)c1. The first-order valence-corrected chi connectivity index (χ1v) is 6.88. The maximum atomic E-state index is 12.3. The molecule has 0 aliphatic carbocycles. The van der Waals surface area contributed by atoms with Crippen LogP contribution in [-0.2, 0) is 0 Å². The molecule has 1 aliphatic rings. The highest BCUT2D eigenvalue weighted by Crippen LogP contribution is 2.22. The zero-order chi connectivity index (χ0) is 12.3. The number of thioether (sulfide) groups is 1. The molecule has 1 saturated heterocycles. The summed E-state index contributed by atoms with van der Waals surface area (Å²) in [5, 5.41) is 3.23. The summed E-state index contributed by atoms with van der Waals surface area (Å²) in [5.74, 6) is 0.0416. The molecule has 0 atom stereocenters. The average molecular weight is 251 g/mol. The van der Waals surface area contributed by atoms with Crippen LogP contribution in [0.5, 0.6) is 0 Å². The Labute approximate surface area is 106 Å². The van der Waals surface area contributed by atoms with Crippen molar-refractivity contribution in [3.8, 4) is 0 Å². The number of anilines is 1. The summed E-state index contributed by atoms with van der Waals surface area (Å²) in [4.78, 5) is 15.2. The third-order valence-electron chi connectivity index (χ3n) is 2.90. The van der Waals surface area contributed by atoms with Crippen LogP contribution >= 0.6 is 11.8 Å². The molecular weight excluding hydrogens is 234 g/mol. The summed E-state index contributed by atoms with van der Waals surface area (Å²) in [6.45, 7) is 3.21. The van der Waals surface area contributed by atoms with Gasteiger partial charge in [-0.15, -0.1) is 11.8 Å². The maximum Gasteiger partial charge on any atom is 0.256 e. The Morgan fingerprint density at radius 3 is 2.76 bits per heavy atom. The van der Waals surface area contributed by atoms with E-state index in [0.717, 1.165) is 31.1 Å². The van der Waals surface area contributed by atoms with Crippen molar-refractivity contribution in [1.82, 2.24) is 10.2 Å². The molecule has 92 valence electrons. The van der Waals surface area contributed by atoms with Crippen LogP contribution in [0.1, 0.15) is 10.4 Å². The molecule has 0 aromatic heterocycles. The van der Waals surface area contributed by atoms with Crippen LogP contribution in [0, 0.1) is 0 Å². The van der Waals surface area contributed by atoms with Gasteiger partial charge in [-0.05, 0) is 24.5 Å². The Balaban J connectivity index is 2.22. The number of nitrogens with zero attached hydrogens (tertiary/aromatic N) is 1. The normalized spacial score (nSPS) is 15.9. The number of nitrogens with two attached hydrogens (primary N) is 1. The molecular formula is C12H17N3OS. The number of carbonyl (C=O) groups is 1. The quantitative estimate of drug-likeness (QED) is 0.609. The average Bonchev–Trinajstić information content (AvgIpc) is 2.39. The molecule has 0 spiro atoms. The van der Waals surface area contributed by atoms with Gasteiger partial charge in [0.1, 0.15) is 0 Å². The lowest BCUT2D eigenvalue weighted by atomic mass is 10.1. The van der Waals surface area contributed by atoms with Gasteiger partial charge in [-0.1, -0.05) is 0 Å². The molecule has 1 aromatic carbocycles. The minimum absolute atomic E-state index is 0.0416. The topological polar surface area (TPSA) is 58.4 Å². The van der Waals surface area contributed by atoms with Gasteiger partial charge < -0.3 is 16.0 Å². The molecule has 1 aliphatic heterocycles. The van der Waals surface area contributed by atoms with Crippen molar-refractivity contribution in [3.63, 3.8) is 0 Å². The Hall–Kier alpha value is -1.20. The first-order valence-electron chi connectivity index (χ1n) is 5.66. The van der Waals surface area contributed by atoms with Gasteiger partial charge in [0.15, 0.2) is 0 Å². The van der Waals surface area contributed by atoms with E-state index in [2.05, 4.69) is 5.32 Å². The van der Waals surface area contributed by atoms with Crippen LogP contribution in [0.25, 0.3) is 0 Å². The van der Waals surface area contributed by atoms with Crippen molar-refractivity contribution < 1.29 is 4.79 Å². The summed E-state index contributed by atoms with van der Waals surface area (Å²) in [7, 11) is 0. The van der Waals surface area contributed by atoms with E-state index in [9.17, 15) is 4.79 Å². The van der Waals surface area contributed by atoms with Crippen molar-refractivity contribution in [1.29, 1.82) is 0 Å². The van der Waals surface area contributed by atoms with E-state index in [4.69, 9.17) is 5.73 Å². The largest absolute Gasteiger partial charge is 0.398 e. The Bertz CT molecular complexity index is 416. The van der Waals surface area contributed by atoms with Gasteiger partial charge in [0.05, 0.1) is 5.56 Å². The lowest BCUT2D eigenvalue weighted by molar-refractivity contribution is 0.0736. The van der Waals surface area contributed by atoms with Gasteiger partial charge >= 0.3 is 0 Å². The molecule has 17 heavy (non-hydrogen) atoms. The van der Waals surface area contributed by atoms with Crippen LogP contribution in [0.15, 0.2) is 23.1 Å². The van der Waals surface area contributed by atoms with Crippen LogP contribution in [0.2, 0.25) is 0 Å². The Morgan fingerprint density at radius 2 is 2.12 bits per heavy atom. The molecule has 1 heterocycles. The highest BCUT2D eigenvalue weighted by Gasteiger charge is 2.19. The smallest absolute Gasteiger partial charge is 0.256 e. The van der Waals surface area contributed by atoms with Crippen molar-refractivity contribution in [3.05, 3.63) is 23.8 Å². The molecule has 2 rings (SSSR count). The predicted octanol–water partition coefficient (Wildman–Crippen LogP) is 1.04. The lowest BCUT2D eigenvalue weighted by Crippen LogP contribution is -2.46. The standard InChI is InChI=1S/C12H17N3OS/c1-17-9-2-3-11(13)10(8-9)12(16)15-6-4-14-5-7-15/h2-3,8,14H,4-7,13H2,1H3. The molecule has 4 nitrogen and oxygen atoms in total. The molecule has 3 N–H and O–H groups in total. The van der Waals surface area contributed by atoms with Crippen molar-refractivity contribution in [2.24, 2.45) is 0 Å². The lowest BCUT2D eigenvalue weighted by Gasteiger charge is -2.28. The fourth-order valence-corrected chi connectivity index (χ4v) is 2.33. The van der Waals surface area contributed by atoms with Gasteiger partial charge in [-0.25, -0.2) is 0 Å². The fourth-order valence-electron chi connectivity index (χ4n) is 1.89. The highest BCUT2D eigenvalue weighted by atomic mass is 32.2. The minimum Gasteiger partial charge on any atom is -0.398 e. The van der Waals surface area contributed by atoms with Gasteiger partial charge in [-0.2, -0.15) is 0 Å². The van der Waals surface area contributed by atoms with E-state index in [1.807, 2.05) is 23.3 Å². The number of nitrogen functional groups attached to an aromatic ring is 1. The summed E-state index contributed by atoms with van der Waals surface area (Å²) >= 11 is 1.62. The zero-order valence-electron chi connectivity index (χ0n) is 9.90. The number of rotatable bonds is 2. The third kappa shape index (κ3) is 2.73. The van der Waals surface area contributed by atoms with Crippen molar-refractivity contribution >= 4 is 23.4 Å². The number of piperazine rings is 1. The van der Waals surface area contributed by atoms with E-state index in [1.165, 1.54) is 0 Å². The molecule has 5 heteroatoms. The number of hydrogen-bond donors (Lipinski definition) is 2. The number of hydrogen-bond acceptors (Lipinski definition) is 4. The van der Waals surface area contributed by atoms with E-state index in [-0.39, 0.29) is 5.91 Å². The van der Waals surface area contributed by atoms with E-state index < -0.39 is 0 Å². The maximum absolute atomic E-state index is 12.3. The van der Waals surface area contributed by atoms with E-state index >= 15 is 0 Å². The number of benzene rings is 1. The summed E-state index contributed by atoms with van der Waals surface area (Å²) in [5.41, 5.74) is 7.06. The molecule has 1 fully saturated rings. The van der Waals surface area contributed by atoms with Gasteiger partial charge in [0.2, 0.25) is 0 Å². The molecule has 0 bridgehead atoms. The summed E-state index contributed by atoms with van der Waals surface area (Å²) < 4.78 is 0. The molecule has 0 saturated carbocycles. The van der Waals surface area contributed by atoms with Crippen LogP contribution < -0.4 is 11.1 Å². The van der Waals surface area contributed by atoms with E-state index in [1.54, 1.807) is 17.8 Å². The molecule has 0 unspecified atom stereocenters. The van der Waals surface area contributed by atoms with Crippen LogP contribution in [-0.4, -0.2) is 43.2 Å². The Kier molecular flexibility index (Phi) is 3.91. The second kappa shape index (κ2) is 5.42. The predicted molar refractivity (Wildman–Crippen MR) is 71.4 cm³/mol. The molecule has 1 amide bonds. The summed E-state index contributed by atoms with van der Waals surface area (Å²) in [6, 6.07) is 5.63. The van der Waals surface area contributed by atoms with Gasteiger partial charge in [0.25, 0.3) is 5.91 Å². The second-order valence-corrected chi connectivity index (χ2v) is 4.88. The van der Waals surface area contributed by atoms with Crippen LogP contribution in [0.3, 0.4) is 0 Å². The van der Waals surface area contributed by atoms with Gasteiger partial charge in [0, 0.05) is 36.8 Å². The monoisotopic (exact) mass is 251 g/mol. The van der Waals surface area contributed by atoms with E-state index in [0.29, 0.717) is 11.3 Å². The zero-order valence-corrected chi connectivity index (χ0v) is 10.7. The van der Waals surface area contributed by atoms with Crippen LogP contribution in [0.4, 0.5) is 5.69 Å². The molecule has 0 radical (unpaired) electrons. The number of amides is 1. The van der Waals surface area contributed by atoms with Crippen molar-refractivity contribution in [2.45, 2.75) is 4.90 Å². The van der Waals surface area contributed by atoms with Crippen molar-refractivity contribution in [2.75, 3.05) is 38.2 Å². The third-order valence-corrected chi connectivity index (χ3v) is 3.62. The first kappa shape index (κ1) is 12.3. The second-order valence-electron chi connectivity index (χ2n) is 4.00. The first-order chi connectivity index (χ1) is 8.22. The highest BCUT2D eigenvalue weighted by molar-refractivity contribution is 7.98. The minimum atomic E-state index is 0.0416. The number of carbonyl (C=O) groups excluding carboxylic acids is 1. The number of nitrogens with one attached hydrogen (secondary N) is 1. The fraction of sp³-hybridized carbons (Fsp3) is 0.417. The van der Waals surface area contributed by atoms with Gasteiger partial charge in [-0.3, -0.25) is 4.79 Å². The Morgan fingerprint density at radius 1 is 1.41 bits per heavy atom. The molecule has 1 aromatic rings.